The van der Waals surface area contributed by atoms with E-state index in [4.69, 9.17) is 32.7 Å². The highest BCUT2D eigenvalue weighted by atomic mass is 35.5. The Morgan fingerprint density at radius 2 is 1.89 bits per heavy atom. The Morgan fingerprint density at radius 3 is 2.00 bits per heavy atom. The number of halogens is 2. The van der Waals surface area contributed by atoms with Crippen LogP contribution < -0.4 is 0 Å². The zero-order valence-corrected chi connectivity index (χ0v) is 6.32. The van der Waals surface area contributed by atoms with Crippen LogP contribution >= 0.6 is 23.2 Å². The Bertz CT molecular complexity index is 148. The van der Waals surface area contributed by atoms with Crippen LogP contribution in [0.4, 0.5) is 0 Å². The van der Waals surface area contributed by atoms with Gasteiger partial charge in [-0.25, -0.2) is 0 Å². The van der Waals surface area contributed by atoms with Crippen LogP contribution in [0.3, 0.4) is 0 Å². The molecule has 2 heterocycles. The molecular formula is C5H6Cl2O2. The molecule has 9 heavy (non-hydrogen) atoms. The second kappa shape index (κ2) is 1.56. The zero-order chi connectivity index (χ0) is 6.65. The van der Waals surface area contributed by atoms with Crippen LogP contribution in [0.25, 0.3) is 0 Å². The van der Waals surface area contributed by atoms with E-state index in [9.17, 15) is 0 Å². The molecule has 3 unspecified atom stereocenters. The first-order valence-electron chi connectivity index (χ1n) is 2.82. The second-order valence-corrected chi connectivity index (χ2v) is 3.72. The van der Waals surface area contributed by atoms with Gasteiger partial charge in [0.25, 0.3) is 0 Å². The van der Waals surface area contributed by atoms with Crippen molar-refractivity contribution in [2.24, 2.45) is 0 Å². The molecule has 52 valence electrons. The fourth-order valence-electron chi connectivity index (χ4n) is 0.914. The average molecular weight is 169 g/mol. The van der Waals surface area contributed by atoms with Crippen LogP contribution in [0.15, 0.2) is 0 Å². The lowest BCUT2D eigenvalue weighted by Crippen LogP contribution is -2.05. The van der Waals surface area contributed by atoms with Gasteiger partial charge < -0.3 is 9.47 Å². The predicted molar refractivity (Wildman–Crippen MR) is 33.6 cm³/mol. The average Bonchev–Trinajstić information content (AvgIpc) is 2.50. The van der Waals surface area contributed by atoms with Gasteiger partial charge in [0, 0.05) is 0 Å². The highest BCUT2D eigenvalue weighted by molar-refractivity contribution is 6.49. The molecule has 2 nitrogen and oxygen atoms in total. The third-order valence-electron chi connectivity index (χ3n) is 1.61. The van der Waals surface area contributed by atoms with Gasteiger partial charge in [-0.3, -0.25) is 0 Å². The number of rotatable bonds is 1. The first kappa shape index (κ1) is 6.23. The summed E-state index contributed by atoms with van der Waals surface area (Å²) < 4.78 is 9.04. The molecule has 2 aliphatic heterocycles. The van der Waals surface area contributed by atoms with E-state index >= 15 is 0 Å². The SMILES string of the molecule is CC1OC1C1OC1(Cl)Cl. The first-order chi connectivity index (χ1) is 4.11. The van der Waals surface area contributed by atoms with Gasteiger partial charge in [-0.15, -0.1) is 0 Å². The molecule has 0 amide bonds. The van der Waals surface area contributed by atoms with Gasteiger partial charge in [0.15, 0.2) is 0 Å². The molecule has 2 aliphatic rings. The summed E-state index contributed by atoms with van der Waals surface area (Å²) in [5.41, 5.74) is 0. The van der Waals surface area contributed by atoms with Crippen molar-refractivity contribution >= 4 is 23.2 Å². The number of hydrogen-bond donors (Lipinski definition) is 0. The Hall–Kier alpha value is 0.500. The van der Waals surface area contributed by atoms with Gasteiger partial charge >= 0.3 is 0 Å². The Balaban J connectivity index is 1.92. The van der Waals surface area contributed by atoms with Crippen molar-refractivity contribution in [1.29, 1.82) is 0 Å². The van der Waals surface area contributed by atoms with Crippen LogP contribution in [0.5, 0.6) is 0 Å². The van der Waals surface area contributed by atoms with Crippen molar-refractivity contribution < 1.29 is 9.47 Å². The monoisotopic (exact) mass is 168 g/mol. The smallest absolute Gasteiger partial charge is 0.247 e. The molecule has 0 bridgehead atoms. The first-order valence-corrected chi connectivity index (χ1v) is 3.58. The molecule has 4 heteroatoms. The number of alkyl halides is 2. The van der Waals surface area contributed by atoms with Gasteiger partial charge in [0.1, 0.15) is 12.2 Å². The lowest BCUT2D eigenvalue weighted by atomic mass is 10.3. The summed E-state index contributed by atoms with van der Waals surface area (Å²) in [6.45, 7) is 1.97. The minimum Gasteiger partial charge on any atom is -0.367 e. The van der Waals surface area contributed by atoms with Crippen LogP contribution in [-0.4, -0.2) is 22.8 Å². The van der Waals surface area contributed by atoms with E-state index in [1.807, 2.05) is 6.92 Å². The van der Waals surface area contributed by atoms with Crippen LogP contribution in [-0.2, 0) is 9.47 Å². The Labute approximate surface area is 63.0 Å². The van der Waals surface area contributed by atoms with E-state index in [-0.39, 0.29) is 18.3 Å². The molecule has 0 radical (unpaired) electrons. The quantitative estimate of drug-likeness (QED) is 0.436. The second-order valence-electron chi connectivity index (χ2n) is 2.41. The molecule has 0 spiro atoms. The summed E-state index contributed by atoms with van der Waals surface area (Å²) in [6.07, 6.45) is 0.324. The van der Waals surface area contributed by atoms with E-state index < -0.39 is 4.52 Å². The lowest BCUT2D eigenvalue weighted by Gasteiger charge is -1.83. The molecule has 2 rings (SSSR count). The van der Waals surface area contributed by atoms with Gasteiger partial charge in [-0.1, -0.05) is 23.2 Å². The van der Waals surface area contributed by atoms with E-state index in [1.165, 1.54) is 0 Å². The molecule has 0 aliphatic carbocycles. The fourth-order valence-corrected chi connectivity index (χ4v) is 1.35. The zero-order valence-electron chi connectivity index (χ0n) is 4.80. The molecule has 0 aromatic heterocycles. The molecule has 0 aromatic carbocycles. The van der Waals surface area contributed by atoms with E-state index in [2.05, 4.69) is 0 Å². The minimum atomic E-state index is -0.949. The highest BCUT2D eigenvalue weighted by Crippen LogP contribution is 2.51. The molecule has 0 aromatic rings. The molecule has 0 saturated carbocycles. The summed E-state index contributed by atoms with van der Waals surface area (Å²) in [4.78, 5) is 0. The maximum absolute atomic E-state index is 5.57. The van der Waals surface area contributed by atoms with Gasteiger partial charge in [0.05, 0.1) is 6.10 Å². The highest BCUT2D eigenvalue weighted by Gasteiger charge is 2.65. The Morgan fingerprint density at radius 1 is 1.44 bits per heavy atom. The summed E-state index contributed by atoms with van der Waals surface area (Å²) in [6, 6.07) is 0. The van der Waals surface area contributed by atoms with E-state index in [1.54, 1.807) is 0 Å². The largest absolute Gasteiger partial charge is 0.367 e. The van der Waals surface area contributed by atoms with Crippen molar-refractivity contribution in [3.05, 3.63) is 0 Å². The van der Waals surface area contributed by atoms with E-state index in [0.29, 0.717) is 0 Å². The molecule has 0 N–H and O–H groups in total. The molecular weight excluding hydrogens is 163 g/mol. The summed E-state index contributed by atoms with van der Waals surface area (Å²) in [7, 11) is 0. The fraction of sp³-hybridized carbons (Fsp3) is 1.00. The third kappa shape index (κ3) is 0.944. The van der Waals surface area contributed by atoms with Crippen LogP contribution in [0.1, 0.15) is 6.92 Å². The minimum absolute atomic E-state index is 0.0872. The summed E-state index contributed by atoms with van der Waals surface area (Å²) >= 11 is 11.1. The third-order valence-corrected chi connectivity index (χ3v) is 2.22. The number of epoxide rings is 2. The molecule has 2 saturated heterocycles. The summed E-state index contributed by atoms with van der Waals surface area (Å²) in [5, 5.41) is 0. The van der Waals surface area contributed by atoms with Crippen molar-refractivity contribution in [1.82, 2.24) is 0 Å². The Kier molecular flexibility index (Phi) is 1.08. The number of ether oxygens (including phenoxy) is 2. The topological polar surface area (TPSA) is 25.1 Å². The predicted octanol–water partition coefficient (Wildman–Crippen LogP) is 1.30. The van der Waals surface area contributed by atoms with Crippen LogP contribution in [0, 0.1) is 0 Å². The van der Waals surface area contributed by atoms with E-state index in [0.717, 1.165) is 0 Å². The lowest BCUT2D eigenvalue weighted by molar-refractivity contribution is 0.313. The van der Waals surface area contributed by atoms with Gasteiger partial charge in [0.2, 0.25) is 4.52 Å². The van der Waals surface area contributed by atoms with Crippen molar-refractivity contribution in [3.63, 3.8) is 0 Å². The van der Waals surface area contributed by atoms with Crippen molar-refractivity contribution in [2.45, 2.75) is 29.8 Å². The van der Waals surface area contributed by atoms with Gasteiger partial charge in [-0.2, -0.15) is 0 Å². The molecule has 2 fully saturated rings. The number of hydrogen-bond acceptors (Lipinski definition) is 2. The van der Waals surface area contributed by atoms with Crippen molar-refractivity contribution in [2.75, 3.05) is 0 Å². The standard InChI is InChI=1S/C5H6Cl2O2/c1-2-3(8-2)4-5(6,7)9-4/h2-4H,1H3. The molecule has 3 atom stereocenters. The maximum atomic E-state index is 5.57. The summed E-state index contributed by atoms with van der Waals surface area (Å²) in [5.74, 6) is 0. The maximum Gasteiger partial charge on any atom is 0.247 e. The van der Waals surface area contributed by atoms with Crippen LogP contribution in [0.2, 0.25) is 0 Å². The van der Waals surface area contributed by atoms with Crippen molar-refractivity contribution in [3.8, 4) is 0 Å². The van der Waals surface area contributed by atoms with Gasteiger partial charge in [-0.05, 0) is 6.92 Å². The normalized spacial score (nSPS) is 53.0.